The largest absolute Gasteiger partial charge is 0.324 e. The average molecular weight is 430 g/mol. The molecule has 19 heavy (non-hydrogen) atoms. The van der Waals surface area contributed by atoms with Crippen molar-refractivity contribution in [2.24, 2.45) is 5.73 Å². The number of nitrogens with two attached hydrogens (primary N) is 1. The van der Waals surface area contributed by atoms with Gasteiger partial charge in [-0.25, -0.2) is 0 Å². The minimum Gasteiger partial charge on any atom is -0.324 e. The molecule has 0 amide bonds. The number of hydrogen-bond acceptors (Lipinski definition) is 1. The average Bonchev–Trinajstić information content (AvgIpc) is 2.30. The fourth-order valence-corrected chi connectivity index (χ4v) is 3.41. The highest BCUT2D eigenvalue weighted by atomic mass is 127. The molecule has 1 unspecified atom stereocenters. The lowest BCUT2D eigenvalue weighted by molar-refractivity contribution is 0.717. The van der Waals surface area contributed by atoms with E-state index in [1.807, 2.05) is 0 Å². The Hall–Kier alpha value is -0.390. The minimum atomic E-state index is 0.0188. The highest BCUT2D eigenvalue weighted by molar-refractivity contribution is 14.1. The van der Waals surface area contributed by atoms with Crippen molar-refractivity contribution in [3.05, 3.63) is 66.7 Å². The molecule has 0 fully saturated rings. The SMILES string of the molecule is Cc1cc(C)cc(CC(N)c2cc(I)ccc2Br)c1. The van der Waals surface area contributed by atoms with Gasteiger partial charge in [0.05, 0.1) is 0 Å². The molecule has 0 aliphatic heterocycles. The summed E-state index contributed by atoms with van der Waals surface area (Å²) < 4.78 is 2.30. The summed E-state index contributed by atoms with van der Waals surface area (Å²) in [5.41, 5.74) is 11.4. The number of aryl methyl sites for hydroxylation is 2. The van der Waals surface area contributed by atoms with Crippen molar-refractivity contribution >= 4 is 38.5 Å². The van der Waals surface area contributed by atoms with E-state index in [1.54, 1.807) is 0 Å². The van der Waals surface area contributed by atoms with Crippen LogP contribution >= 0.6 is 38.5 Å². The third kappa shape index (κ3) is 4.04. The lowest BCUT2D eigenvalue weighted by Crippen LogP contribution is -2.14. The highest BCUT2D eigenvalue weighted by Gasteiger charge is 2.11. The van der Waals surface area contributed by atoms with E-state index in [1.165, 1.54) is 25.8 Å². The summed E-state index contributed by atoms with van der Waals surface area (Å²) in [7, 11) is 0. The van der Waals surface area contributed by atoms with E-state index < -0.39 is 0 Å². The number of hydrogen-bond donors (Lipinski definition) is 1. The third-order valence-electron chi connectivity index (χ3n) is 3.09. The molecular weight excluding hydrogens is 413 g/mol. The molecule has 100 valence electrons. The Morgan fingerprint density at radius 2 is 1.74 bits per heavy atom. The van der Waals surface area contributed by atoms with E-state index in [0.717, 1.165) is 10.9 Å². The summed E-state index contributed by atoms with van der Waals surface area (Å²) in [6, 6.07) is 12.9. The Balaban J connectivity index is 2.25. The van der Waals surface area contributed by atoms with Crippen LogP contribution in [-0.2, 0) is 6.42 Å². The first-order valence-corrected chi connectivity index (χ1v) is 8.10. The molecule has 3 heteroatoms. The van der Waals surface area contributed by atoms with Gasteiger partial charge in [-0.1, -0.05) is 45.3 Å². The van der Waals surface area contributed by atoms with Crippen LogP contribution in [0.25, 0.3) is 0 Å². The van der Waals surface area contributed by atoms with Crippen LogP contribution in [-0.4, -0.2) is 0 Å². The summed E-state index contributed by atoms with van der Waals surface area (Å²) in [4.78, 5) is 0. The van der Waals surface area contributed by atoms with E-state index in [0.29, 0.717) is 0 Å². The van der Waals surface area contributed by atoms with E-state index in [4.69, 9.17) is 5.73 Å². The Bertz CT molecular complexity index is 575. The van der Waals surface area contributed by atoms with Crippen molar-refractivity contribution < 1.29 is 0 Å². The summed E-state index contributed by atoms with van der Waals surface area (Å²) >= 11 is 5.91. The number of benzene rings is 2. The summed E-state index contributed by atoms with van der Waals surface area (Å²) in [6.07, 6.45) is 0.862. The van der Waals surface area contributed by atoms with Crippen LogP contribution in [0.3, 0.4) is 0 Å². The Labute approximate surface area is 136 Å². The normalized spacial score (nSPS) is 12.5. The molecule has 0 aliphatic rings. The van der Waals surface area contributed by atoms with Gasteiger partial charge < -0.3 is 5.73 Å². The predicted molar refractivity (Wildman–Crippen MR) is 93.4 cm³/mol. The van der Waals surface area contributed by atoms with Crippen LogP contribution < -0.4 is 5.73 Å². The molecule has 2 N–H and O–H groups in total. The topological polar surface area (TPSA) is 26.0 Å². The fourth-order valence-electron chi connectivity index (χ4n) is 2.35. The van der Waals surface area contributed by atoms with Crippen molar-refractivity contribution in [1.29, 1.82) is 0 Å². The van der Waals surface area contributed by atoms with Gasteiger partial charge in [0.25, 0.3) is 0 Å². The van der Waals surface area contributed by atoms with Gasteiger partial charge in [0, 0.05) is 14.1 Å². The summed E-state index contributed by atoms with van der Waals surface area (Å²) in [6.45, 7) is 4.26. The molecule has 0 heterocycles. The van der Waals surface area contributed by atoms with Crippen molar-refractivity contribution in [3.8, 4) is 0 Å². The molecule has 1 nitrogen and oxygen atoms in total. The Morgan fingerprint density at radius 3 is 2.37 bits per heavy atom. The fraction of sp³-hybridized carbons (Fsp3) is 0.250. The lowest BCUT2D eigenvalue weighted by atomic mass is 9.97. The Kier molecular flexibility index (Phi) is 5.03. The van der Waals surface area contributed by atoms with Crippen molar-refractivity contribution in [2.75, 3.05) is 0 Å². The number of rotatable bonds is 3. The van der Waals surface area contributed by atoms with Gasteiger partial charge in [0.2, 0.25) is 0 Å². The summed E-state index contributed by atoms with van der Waals surface area (Å²) in [5.74, 6) is 0. The minimum absolute atomic E-state index is 0.0188. The molecule has 0 radical (unpaired) electrons. The maximum atomic E-state index is 6.36. The molecule has 0 bridgehead atoms. The van der Waals surface area contributed by atoms with Gasteiger partial charge in [-0.15, -0.1) is 0 Å². The zero-order chi connectivity index (χ0) is 14.0. The van der Waals surface area contributed by atoms with Crippen LogP contribution in [0.4, 0.5) is 0 Å². The quantitative estimate of drug-likeness (QED) is 0.689. The second-order valence-electron chi connectivity index (χ2n) is 4.97. The van der Waals surface area contributed by atoms with Crippen LogP contribution in [0.1, 0.15) is 28.3 Å². The lowest BCUT2D eigenvalue weighted by Gasteiger charge is -2.15. The molecule has 0 saturated heterocycles. The maximum Gasteiger partial charge on any atom is 0.0347 e. The smallest absolute Gasteiger partial charge is 0.0347 e. The van der Waals surface area contributed by atoms with Crippen LogP contribution in [0.2, 0.25) is 0 Å². The van der Waals surface area contributed by atoms with Crippen LogP contribution in [0.15, 0.2) is 40.9 Å². The van der Waals surface area contributed by atoms with Crippen LogP contribution in [0.5, 0.6) is 0 Å². The van der Waals surface area contributed by atoms with Crippen molar-refractivity contribution in [1.82, 2.24) is 0 Å². The first kappa shape index (κ1) is 15.0. The standard InChI is InChI=1S/C16H17BrIN/c1-10-5-11(2)7-12(6-10)8-16(19)14-9-13(18)3-4-15(14)17/h3-7,9,16H,8,19H2,1-2H3. The van der Waals surface area contributed by atoms with Crippen molar-refractivity contribution in [2.45, 2.75) is 26.3 Å². The maximum absolute atomic E-state index is 6.36. The van der Waals surface area contributed by atoms with Gasteiger partial charge in [0.1, 0.15) is 0 Å². The van der Waals surface area contributed by atoms with Crippen LogP contribution in [0, 0.1) is 17.4 Å². The molecule has 0 spiro atoms. The van der Waals surface area contributed by atoms with E-state index in [-0.39, 0.29) is 6.04 Å². The first-order valence-electron chi connectivity index (χ1n) is 6.23. The molecule has 0 aromatic heterocycles. The highest BCUT2D eigenvalue weighted by Crippen LogP contribution is 2.26. The second-order valence-corrected chi connectivity index (χ2v) is 7.07. The van der Waals surface area contributed by atoms with E-state index >= 15 is 0 Å². The molecular formula is C16H17BrIN. The molecule has 2 aromatic carbocycles. The predicted octanol–water partition coefficient (Wildman–Crippen LogP) is 4.91. The van der Waals surface area contributed by atoms with E-state index in [2.05, 4.69) is 88.8 Å². The van der Waals surface area contributed by atoms with Gasteiger partial charge in [-0.3, -0.25) is 0 Å². The molecule has 0 saturated carbocycles. The third-order valence-corrected chi connectivity index (χ3v) is 4.49. The van der Waals surface area contributed by atoms with Gasteiger partial charge in [-0.05, 0) is 72.2 Å². The second kappa shape index (κ2) is 6.37. The van der Waals surface area contributed by atoms with Gasteiger partial charge >= 0.3 is 0 Å². The Morgan fingerprint density at radius 1 is 1.11 bits per heavy atom. The zero-order valence-electron chi connectivity index (χ0n) is 11.1. The molecule has 2 rings (SSSR count). The zero-order valence-corrected chi connectivity index (χ0v) is 14.8. The summed E-state index contributed by atoms with van der Waals surface area (Å²) in [5, 5.41) is 0. The first-order chi connectivity index (χ1) is 8.95. The molecule has 0 aliphatic carbocycles. The van der Waals surface area contributed by atoms with E-state index in [9.17, 15) is 0 Å². The van der Waals surface area contributed by atoms with Gasteiger partial charge in [-0.2, -0.15) is 0 Å². The number of halogens is 2. The monoisotopic (exact) mass is 429 g/mol. The molecule has 2 aromatic rings. The van der Waals surface area contributed by atoms with Gasteiger partial charge in [0.15, 0.2) is 0 Å². The van der Waals surface area contributed by atoms with Crippen molar-refractivity contribution in [3.63, 3.8) is 0 Å². The molecule has 1 atom stereocenters.